The van der Waals surface area contributed by atoms with Crippen LogP contribution in [-0.4, -0.2) is 13.0 Å². The van der Waals surface area contributed by atoms with Gasteiger partial charge in [-0.05, 0) is 19.4 Å². The van der Waals surface area contributed by atoms with E-state index in [-0.39, 0.29) is 6.42 Å². The Morgan fingerprint density at radius 3 is 1.47 bits per heavy atom. The van der Waals surface area contributed by atoms with Crippen LogP contribution in [0.2, 0.25) is 0 Å². The first-order valence-electron chi connectivity index (χ1n) is 6.25. The monoisotopic (exact) mass is 221 g/mol. The lowest BCUT2D eigenvalue weighted by atomic mass is 10.1. The standard InChI is InChI=1S/C12H25F2N/c13-12(14)10-8-6-4-2-1-3-5-7-9-11-15/h12H,1-11,15H2. The molecular weight excluding hydrogens is 196 g/mol. The van der Waals surface area contributed by atoms with Crippen molar-refractivity contribution in [1.82, 2.24) is 0 Å². The summed E-state index contributed by atoms with van der Waals surface area (Å²) >= 11 is 0. The molecule has 3 heteroatoms. The van der Waals surface area contributed by atoms with Crippen molar-refractivity contribution in [2.75, 3.05) is 6.54 Å². The highest BCUT2D eigenvalue weighted by atomic mass is 19.3. The normalized spacial score (nSPS) is 11.2. The maximum absolute atomic E-state index is 11.8. The summed E-state index contributed by atoms with van der Waals surface area (Å²) in [6.07, 6.45) is 8.10. The maximum atomic E-state index is 11.8. The third-order valence-electron chi connectivity index (χ3n) is 2.63. The number of alkyl halides is 2. The first-order chi connectivity index (χ1) is 7.27. The predicted octanol–water partition coefficient (Wildman–Crippen LogP) is 4.11. The van der Waals surface area contributed by atoms with Gasteiger partial charge in [0.05, 0.1) is 0 Å². The summed E-state index contributed by atoms with van der Waals surface area (Å²) in [7, 11) is 0. The lowest BCUT2D eigenvalue weighted by Crippen LogP contribution is -1.97. The zero-order valence-corrected chi connectivity index (χ0v) is 9.69. The zero-order valence-electron chi connectivity index (χ0n) is 9.69. The van der Waals surface area contributed by atoms with Crippen molar-refractivity contribution in [3.05, 3.63) is 0 Å². The van der Waals surface area contributed by atoms with Crippen LogP contribution in [0, 0.1) is 0 Å². The second kappa shape index (κ2) is 11.9. The highest BCUT2D eigenvalue weighted by Crippen LogP contribution is 2.12. The smallest absolute Gasteiger partial charge is 0.238 e. The predicted molar refractivity (Wildman–Crippen MR) is 61.2 cm³/mol. The highest BCUT2D eigenvalue weighted by Gasteiger charge is 2.00. The molecule has 0 saturated heterocycles. The van der Waals surface area contributed by atoms with E-state index in [0.29, 0.717) is 6.42 Å². The number of halogens is 2. The molecule has 0 atom stereocenters. The Kier molecular flexibility index (Phi) is 11.7. The second-order valence-corrected chi connectivity index (χ2v) is 4.15. The average molecular weight is 221 g/mol. The summed E-state index contributed by atoms with van der Waals surface area (Å²) in [5.41, 5.74) is 5.39. The van der Waals surface area contributed by atoms with Crippen LogP contribution >= 0.6 is 0 Å². The summed E-state index contributed by atoms with van der Waals surface area (Å²) in [6.45, 7) is 0.799. The van der Waals surface area contributed by atoms with E-state index in [4.69, 9.17) is 5.73 Å². The fourth-order valence-corrected chi connectivity index (χ4v) is 1.68. The Hall–Kier alpha value is -0.180. The van der Waals surface area contributed by atoms with Crippen LogP contribution in [-0.2, 0) is 0 Å². The number of nitrogens with two attached hydrogens (primary N) is 1. The topological polar surface area (TPSA) is 26.0 Å². The van der Waals surface area contributed by atoms with Gasteiger partial charge in [-0.1, -0.05) is 44.9 Å². The van der Waals surface area contributed by atoms with Gasteiger partial charge in [-0.2, -0.15) is 0 Å². The van der Waals surface area contributed by atoms with Gasteiger partial charge in [-0.15, -0.1) is 0 Å². The van der Waals surface area contributed by atoms with Gasteiger partial charge < -0.3 is 5.73 Å². The van der Waals surface area contributed by atoms with Crippen LogP contribution < -0.4 is 5.73 Å². The molecule has 0 rings (SSSR count). The van der Waals surface area contributed by atoms with Gasteiger partial charge in [0.25, 0.3) is 0 Å². The largest absolute Gasteiger partial charge is 0.330 e. The molecule has 0 aliphatic carbocycles. The maximum Gasteiger partial charge on any atom is 0.238 e. The minimum Gasteiger partial charge on any atom is -0.330 e. The van der Waals surface area contributed by atoms with Gasteiger partial charge in [0, 0.05) is 6.42 Å². The van der Waals surface area contributed by atoms with E-state index in [9.17, 15) is 8.78 Å². The molecule has 0 aliphatic rings. The van der Waals surface area contributed by atoms with Gasteiger partial charge >= 0.3 is 0 Å². The quantitative estimate of drug-likeness (QED) is 0.522. The number of unbranched alkanes of at least 4 members (excludes halogenated alkanes) is 8. The minimum absolute atomic E-state index is 0.0799. The molecule has 92 valence electrons. The fourth-order valence-electron chi connectivity index (χ4n) is 1.68. The third-order valence-corrected chi connectivity index (χ3v) is 2.63. The summed E-state index contributed by atoms with van der Waals surface area (Å²) in [6, 6.07) is 0. The summed E-state index contributed by atoms with van der Waals surface area (Å²) in [4.78, 5) is 0. The molecule has 0 fully saturated rings. The molecular formula is C12H25F2N. The molecule has 0 spiro atoms. The van der Waals surface area contributed by atoms with Crippen molar-refractivity contribution in [3.8, 4) is 0 Å². The number of hydrogen-bond acceptors (Lipinski definition) is 1. The van der Waals surface area contributed by atoms with Crippen LogP contribution in [0.3, 0.4) is 0 Å². The molecule has 0 aromatic rings. The minimum atomic E-state index is -2.11. The van der Waals surface area contributed by atoms with Crippen molar-refractivity contribution in [2.24, 2.45) is 5.73 Å². The van der Waals surface area contributed by atoms with Crippen molar-refractivity contribution < 1.29 is 8.78 Å². The Labute approximate surface area is 92.4 Å². The molecule has 0 amide bonds. The van der Waals surface area contributed by atoms with Crippen molar-refractivity contribution in [3.63, 3.8) is 0 Å². The number of rotatable bonds is 11. The molecule has 0 unspecified atom stereocenters. The van der Waals surface area contributed by atoms with Gasteiger partial charge in [-0.25, -0.2) is 8.78 Å². The second-order valence-electron chi connectivity index (χ2n) is 4.15. The summed E-state index contributed by atoms with van der Waals surface area (Å²) in [5, 5.41) is 0. The lowest BCUT2D eigenvalue weighted by Gasteiger charge is -2.02. The molecule has 1 nitrogen and oxygen atoms in total. The van der Waals surface area contributed by atoms with E-state index < -0.39 is 6.43 Å². The molecule has 15 heavy (non-hydrogen) atoms. The molecule has 2 N–H and O–H groups in total. The van der Waals surface area contributed by atoms with Crippen LogP contribution in [0.5, 0.6) is 0 Å². The summed E-state index contributed by atoms with van der Waals surface area (Å²) in [5.74, 6) is 0. The Bertz CT molecular complexity index is 118. The first-order valence-corrected chi connectivity index (χ1v) is 6.25. The molecule has 0 saturated carbocycles. The van der Waals surface area contributed by atoms with Gasteiger partial charge in [0.1, 0.15) is 0 Å². The van der Waals surface area contributed by atoms with Gasteiger partial charge in [0.2, 0.25) is 6.43 Å². The van der Waals surface area contributed by atoms with E-state index in [1.54, 1.807) is 0 Å². The van der Waals surface area contributed by atoms with Gasteiger partial charge in [0.15, 0.2) is 0 Å². The number of hydrogen-bond donors (Lipinski definition) is 1. The van der Waals surface area contributed by atoms with Crippen LogP contribution in [0.25, 0.3) is 0 Å². The highest BCUT2D eigenvalue weighted by molar-refractivity contribution is 4.49. The van der Waals surface area contributed by atoms with Crippen LogP contribution in [0.1, 0.15) is 64.2 Å². The van der Waals surface area contributed by atoms with Crippen molar-refractivity contribution >= 4 is 0 Å². The van der Waals surface area contributed by atoms with Crippen LogP contribution in [0.4, 0.5) is 8.78 Å². The van der Waals surface area contributed by atoms with Crippen LogP contribution in [0.15, 0.2) is 0 Å². The van der Waals surface area contributed by atoms with E-state index >= 15 is 0 Å². The summed E-state index contributed by atoms with van der Waals surface area (Å²) < 4.78 is 23.5. The average Bonchev–Trinajstić information content (AvgIpc) is 2.20. The Balaban J connectivity index is 2.87. The Morgan fingerprint density at radius 2 is 1.07 bits per heavy atom. The van der Waals surface area contributed by atoms with E-state index in [2.05, 4.69) is 0 Å². The SMILES string of the molecule is NCCCCCCCCCCCC(F)F. The molecule has 0 bridgehead atoms. The first kappa shape index (κ1) is 14.8. The lowest BCUT2D eigenvalue weighted by molar-refractivity contribution is 0.133. The van der Waals surface area contributed by atoms with Crippen molar-refractivity contribution in [2.45, 2.75) is 70.6 Å². The zero-order chi connectivity index (χ0) is 11.4. The van der Waals surface area contributed by atoms with E-state index in [1.807, 2.05) is 0 Å². The molecule has 0 aliphatic heterocycles. The molecule has 0 radical (unpaired) electrons. The van der Waals surface area contributed by atoms with E-state index in [1.165, 1.54) is 32.1 Å². The fraction of sp³-hybridized carbons (Fsp3) is 1.00. The van der Waals surface area contributed by atoms with Gasteiger partial charge in [-0.3, -0.25) is 0 Å². The third kappa shape index (κ3) is 13.8. The molecule has 0 aromatic carbocycles. The van der Waals surface area contributed by atoms with E-state index in [0.717, 1.165) is 25.8 Å². The Morgan fingerprint density at radius 1 is 0.667 bits per heavy atom. The van der Waals surface area contributed by atoms with Crippen molar-refractivity contribution in [1.29, 1.82) is 0 Å². The molecule has 0 aromatic heterocycles. The molecule has 0 heterocycles.